The smallest absolute Gasteiger partial charge is 0.250 e. The van der Waals surface area contributed by atoms with Gasteiger partial charge < -0.3 is 14.0 Å². The average Bonchev–Trinajstić information content (AvgIpc) is 3.43. The molecule has 31 heavy (non-hydrogen) atoms. The van der Waals surface area contributed by atoms with E-state index in [0.29, 0.717) is 36.1 Å². The molecule has 1 aliphatic rings. The van der Waals surface area contributed by atoms with Crippen molar-refractivity contribution in [3.8, 4) is 22.8 Å². The molecule has 0 bridgehead atoms. The summed E-state index contributed by atoms with van der Waals surface area (Å²) in [6.07, 6.45) is 7.31. The number of ether oxygens (including phenoxy) is 2. The standard InChI is InChI=1S/C23H26N4O3S/c1-13-18(22(13)19-7-6-15(29-4)9-25-19)12-30-23-17(10-24-14(2)26-23)16-8-21(28)27(3)11-20(16)31-5/h6-11,13,18,22H,12H2,1-5H3. The number of thioether (sulfide) groups is 1. The molecule has 8 heteroatoms. The summed E-state index contributed by atoms with van der Waals surface area (Å²) < 4.78 is 13.0. The number of pyridine rings is 2. The first-order valence-electron chi connectivity index (χ1n) is 10.1. The SMILES string of the molecule is COc1ccc(C2C(C)C2COc2nc(C)ncc2-c2cc(=O)n(C)cc2SC)nc1. The zero-order valence-electron chi connectivity index (χ0n) is 18.3. The molecule has 3 aromatic rings. The summed E-state index contributed by atoms with van der Waals surface area (Å²) in [6.45, 7) is 4.58. The normalized spacial score (nSPS) is 19.8. The van der Waals surface area contributed by atoms with Gasteiger partial charge in [-0.25, -0.2) is 4.98 Å². The van der Waals surface area contributed by atoms with Gasteiger partial charge in [0.1, 0.15) is 11.6 Å². The predicted octanol–water partition coefficient (Wildman–Crippen LogP) is 3.70. The largest absolute Gasteiger partial charge is 0.495 e. The molecule has 3 heterocycles. The minimum atomic E-state index is -0.0826. The second kappa shape index (κ2) is 8.70. The summed E-state index contributed by atoms with van der Waals surface area (Å²) in [5, 5.41) is 0. The Labute approximate surface area is 185 Å². The molecule has 0 amide bonds. The highest BCUT2D eigenvalue weighted by Gasteiger charge is 2.49. The molecule has 0 saturated heterocycles. The van der Waals surface area contributed by atoms with Crippen LogP contribution in [0.1, 0.15) is 24.4 Å². The molecular weight excluding hydrogens is 412 g/mol. The topological polar surface area (TPSA) is 79.1 Å². The number of aryl methyl sites for hydroxylation is 2. The second-order valence-electron chi connectivity index (χ2n) is 7.82. The summed E-state index contributed by atoms with van der Waals surface area (Å²) in [5.74, 6) is 3.07. The first-order chi connectivity index (χ1) is 14.9. The Morgan fingerprint density at radius 3 is 2.68 bits per heavy atom. The highest BCUT2D eigenvalue weighted by molar-refractivity contribution is 7.98. The molecule has 0 spiro atoms. The van der Waals surface area contributed by atoms with E-state index in [2.05, 4.69) is 21.9 Å². The lowest BCUT2D eigenvalue weighted by atomic mass is 10.1. The van der Waals surface area contributed by atoms with Crippen LogP contribution < -0.4 is 15.0 Å². The van der Waals surface area contributed by atoms with Crippen molar-refractivity contribution in [3.05, 3.63) is 58.7 Å². The van der Waals surface area contributed by atoms with Crippen LogP contribution in [0, 0.1) is 18.8 Å². The van der Waals surface area contributed by atoms with Crippen LogP contribution in [0.5, 0.6) is 11.6 Å². The fourth-order valence-corrected chi connectivity index (χ4v) is 4.55. The van der Waals surface area contributed by atoms with E-state index in [9.17, 15) is 4.79 Å². The fraction of sp³-hybridized carbons (Fsp3) is 0.391. The maximum Gasteiger partial charge on any atom is 0.250 e. The van der Waals surface area contributed by atoms with Crippen LogP contribution in [0.2, 0.25) is 0 Å². The monoisotopic (exact) mass is 438 g/mol. The molecule has 0 aromatic carbocycles. The Morgan fingerprint density at radius 2 is 2.00 bits per heavy atom. The third-order valence-electron chi connectivity index (χ3n) is 5.89. The van der Waals surface area contributed by atoms with Crippen molar-refractivity contribution in [1.82, 2.24) is 19.5 Å². The Balaban J connectivity index is 1.57. The van der Waals surface area contributed by atoms with Crippen molar-refractivity contribution in [2.75, 3.05) is 20.0 Å². The van der Waals surface area contributed by atoms with Crippen molar-refractivity contribution < 1.29 is 9.47 Å². The zero-order valence-corrected chi connectivity index (χ0v) is 19.1. The van der Waals surface area contributed by atoms with Gasteiger partial charge in [-0.3, -0.25) is 9.78 Å². The van der Waals surface area contributed by atoms with E-state index in [4.69, 9.17) is 9.47 Å². The van der Waals surface area contributed by atoms with Crippen LogP contribution in [-0.4, -0.2) is 39.5 Å². The maximum absolute atomic E-state index is 12.3. The lowest BCUT2D eigenvalue weighted by Gasteiger charge is -2.14. The van der Waals surface area contributed by atoms with Crippen molar-refractivity contribution in [2.45, 2.75) is 24.7 Å². The molecular formula is C23H26N4O3S. The Morgan fingerprint density at radius 1 is 1.19 bits per heavy atom. The molecule has 3 atom stereocenters. The highest BCUT2D eigenvalue weighted by Crippen LogP contribution is 2.53. The first-order valence-corrected chi connectivity index (χ1v) is 11.4. The summed E-state index contributed by atoms with van der Waals surface area (Å²) in [4.78, 5) is 26.7. The van der Waals surface area contributed by atoms with E-state index in [0.717, 1.165) is 27.5 Å². The first kappa shape index (κ1) is 21.4. The summed E-state index contributed by atoms with van der Waals surface area (Å²) in [6, 6.07) is 5.58. The number of nitrogens with zero attached hydrogens (tertiary/aromatic N) is 4. The van der Waals surface area contributed by atoms with E-state index in [1.54, 1.807) is 48.9 Å². The van der Waals surface area contributed by atoms with Gasteiger partial charge in [0.05, 0.1) is 25.5 Å². The predicted molar refractivity (Wildman–Crippen MR) is 121 cm³/mol. The van der Waals surface area contributed by atoms with E-state index in [1.807, 2.05) is 31.5 Å². The van der Waals surface area contributed by atoms with Gasteiger partial charge in [-0.2, -0.15) is 4.98 Å². The van der Waals surface area contributed by atoms with Crippen molar-refractivity contribution in [3.63, 3.8) is 0 Å². The van der Waals surface area contributed by atoms with E-state index < -0.39 is 0 Å². The van der Waals surface area contributed by atoms with Gasteiger partial charge >= 0.3 is 0 Å². The molecule has 1 aliphatic carbocycles. The second-order valence-corrected chi connectivity index (χ2v) is 8.67. The number of aromatic nitrogens is 4. The van der Waals surface area contributed by atoms with Crippen LogP contribution >= 0.6 is 11.8 Å². The molecule has 3 unspecified atom stereocenters. The van der Waals surface area contributed by atoms with Gasteiger partial charge in [0.25, 0.3) is 5.56 Å². The third kappa shape index (κ3) is 4.30. The van der Waals surface area contributed by atoms with Crippen molar-refractivity contribution >= 4 is 11.8 Å². The van der Waals surface area contributed by atoms with Crippen molar-refractivity contribution in [2.24, 2.45) is 18.9 Å². The molecule has 7 nitrogen and oxygen atoms in total. The Hall–Kier alpha value is -2.87. The molecule has 0 radical (unpaired) electrons. The van der Waals surface area contributed by atoms with Gasteiger partial charge in [-0.15, -0.1) is 11.8 Å². The Bertz CT molecular complexity index is 1150. The van der Waals surface area contributed by atoms with Gasteiger partial charge in [0.2, 0.25) is 5.88 Å². The van der Waals surface area contributed by atoms with Gasteiger partial charge in [-0.05, 0) is 31.2 Å². The minimum absolute atomic E-state index is 0.0826. The minimum Gasteiger partial charge on any atom is -0.495 e. The number of hydrogen-bond acceptors (Lipinski definition) is 7. The third-order valence-corrected chi connectivity index (χ3v) is 6.65. The zero-order chi connectivity index (χ0) is 22.1. The molecule has 4 rings (SSSR count). The lowest BCUT2D eigenvalue weighted by molar-refractivity contribution is 0.280. The van der Waals surface area contributed by atoms with E-state index in [1.165, 1.54) is 0 Å². The number of rotatable bonds is 7. The molecule has 162 valence electrons. The quantitative estimate of drug-likeness (QED) is 0.520. The van der Waals surface area contributed by atoms with Crippen LogP contribution in [-0.2, 0) is 7.05 Å². The number of hydrogen-bond donors (Lipinski definition) is 0. The summed E-state index contributed by atoms with van der Waals surface area (Å²) in [5.41, 5.74) is 2.50. The number of methoxy groups -OCH3 is 1. The highest BCUT2D eigenvalue weighted by atomic mass is 32.2. The van der Waals surface area contributed by atoms with Gasteiger partial charge in [-0.1, -0.05) is 6.92 Å². The fourth-order valence-electron chi connectivity index (χ4n) is 3.90. The van der Waals surface area contributed by atoms with Gasteiger partial charge in [0.15, 0.2) is 0 Å². The molecule has 0 aliphatic heterocycles. The van der Waals surface area contributed by atoms with Crippen LogP contribution in [0.4, 0.5) is 0 Å². The molecule has 1 saturated carbocycles. The average molecular weight is 439 g/mol. The lowest BCUT2D eigenvalue weighted by Crippen LogP contribution is -2.16. The van der Waals surface area contributed by atoms with E-state index >= 15 is 0 Å². The molecule has 3 aromatic heterocycles. The molecule has 0 N–H and O–H groups in total. The van der Waals surface area contributed by atoms with Crippen LogP contribution in [0.15, 0.2) is 46.5 Å². The van der Waals surface area contributed by atoms with Gasteiger partial charge in [0, 0.05) is 53.5 Å². The van der Waals surface area contributed by atoms with E-state index in [-0.39, 0.29) is 5.56 Å². The van der Waals surface area contributed by atoms with Crippen LogP contribution in [0.25, 0.3) is 11.1 Å². The van der Waals surface area contributed by atoms with Crippen LogP contribution in [0.3, 0.4) is 0 Å². The maximum atomic E-state index is 12.3. The Kier molecular flexibility index (Phi) is 6.00. The molecule has 1 fully saturated rings. The summed E-state index contributed by atoms with van der Waals surface area (Å²) >= 11 is 1.57. The van der Waals surface area contributed by atoms with Crippen molar-refractivity contribution in [1.29, 1.82) is 0 Å². The summed E-state index contributed by atoms with van der Waals surface area (Å²) in [7, 11) is 3.39.